The molecule has 6 heteroatoms. The van der Waals surface area contributed by atoms with Crippen molar-refractivity contribution in [3.05, 3.63) is 16.7 Å². The largest absolute Gasteiger partial charge is 0.369 e. The van der Waals surface area contributed by atoms with Gasteiger partial charge in [-0.15, -0.1) is 0 Å². The lowest BCUT2D eigenvalue weighted by Crippen LogP contribution is -2.29. The van der Waals surface area contributed by atoms with Crippen LogP contribution in [0.25, 0.3) is 11.2 Å². The molecule has 0 bridgehead atoms. The zero-order valence-corrected chi connectivity index (χ0v) is 9.85. The molecule has 0 atom stereocenters. The zero-order chi connectivity index (χ0) is 12.1. The molecule has 86 valence electrons. The Morgan fingerprint density at radius 1 is 1.38 bits per heavy atom. The van der Waals surface area contributed by atoms with Gasteiger partial charge in [0.1, 0.15) is 0 Å². The number of rotatable bonds is 0. The van der Waals surface area contributed by atoms with Crippen LogP contribution < -0.4 is 11.3 Å². The van der Waals surface area contributed by atoms with Crippen molar-refractivity contribution >= 4 is 17.1 Å². The minimum Gasteiger partial charge on any atom is -0.369 e. The van der Waals surface area contributed by atoms with Gasteiger partial charge >= 0.3 is 5.56 Å². The maximum atomic E-state index is 11.7. The van der Waals surface area contributed by atoms with E-state index in [9.17, 15) is 4.79 Å². The van der Waals surface area contributed by atoms with Gasteiger partial charge in [0, 0.05) is 12.6 Å². The molecule has 0 aliphatic carbocycles. The van der Waals surface area contributed by atoms with Crippen LogP contribution in [0.3, 0.4) is 0 Å². The molecular formula is C10H15N5O. The summed E-state index contributed by atoms with van der Waals surface area (Å²) in [6.45, 7) is 5.97. The summed E-state index contributed by atoms with van der Waals surface area (Å²) in [7, 11) is 1.77. The van der Waals surface area contributed by atoms with Crippen molar-refractivity contribution in [3.8, 4) is 0 Å². The van der Waals surface area contributed by atoms with E-state index >= 15 is 0 Å². The van der Waals surface area contributed by atoms with Crippen molar-refractivity contribution in [2.75, 3.05) is 5.73 Å². The van der Waals surface area contributed by atoms with Crippen LogP contribution in [0, 0.1) is 0 Å². The summed E-state index contributed by atoms with van der Waals surface area (Å²) in [6.07, 6.45) is 1.59. The summed E-state index contributed by atoms with van der Waals surface area (Å²) in [6, 6.07) is 0. The number of hydrogen-bond acceptors (Lipinski definition) is 4. The van der Waals surface area contributed by atoms with Gasteiger partial charge in [-0.05, 0) is 20.8 Å². The van der Waals surface area contributed by atoms with Crippen molar-refractivity contribution in [2.24, 2.45) is 7.05 Å². The highest BCUT2D eigenvalue weighted by atomic mass is 16.1. The van der Waals surface area contributed by atoms with Crippen LogP contribution in [0.2, 0.25) is 0 Å². The van der Waals surface area contributed by atoms with Gasteiger partial charge in [0.15, 0.2) is 11.2 Å². The number of nitrogen functional groups attached to an aromatic ring is 1. The van der Waals surface area contributed by atoms with Gasteiger partial charge in [-0.3, -0.25) is 9.36 Å². The maximum Gasteiger partial charge on any atom is 0.300 e. The van der Waals surface area contributed by atoms with Crippen molar-refractivity contribution < 1.29 is 0 Å². The highest BCUT2D eigenvalue weighted by Crippen LogP contribution is 2.21. The first-order valence-electron chi connectivity index (χ1n) is 5.02. The quantitative estimate of drug-likeness (QED) is 0.701. The average molecular weight is 221 g/mol. The first kappa shape index (κ1) is 10.7. The molecule has 0 radical (unpaired) electrons. The van der Waals surface area contributed by atoms with E-state index in [1.165, 1.54) is 0 Å². The molecule has 2 rings (SSSR count). The third kappa shape index (κ3) is 1.37. The van der Waals surface area contributed by atoms with Crippen LogP contribution in [-0.2, 0) is 12.6 Å². The van der Waals surface area contributed by atoms with E-state index in [1.807, 2.05) is 20.8 Å². The Bertz CT molecular complexity index is 602. The summed E-state index contributed by atoms with van der Waals surface area (Å²) >= 11 is 0. The molecule has 2 aromatic rings. The fourth-order valence-corrected chi connectivity index (χ4v) is 1.80. The smallest absolute Gasteiger partial charge is 0.300 e. The van der Waals surface area contributed by atoms with E-state index in [2.05, 4.69) is 9.97 Å². The molecule has 0 saturated carbocycles. The molecule has 16 heavy (non-hydrogen) atoms. The number of aryl methyl sites for hydroxylation is 1. The van der Waals surface area contributed by atoms with E-state index in [4.69, 9.17) is 5.73 Å². The van der Waals surface area contributed by atoms with Gasteiger partial charge in [-0.25, -0.2) is 4.98 Å². The average Bonchev–Trinajstić information content (AvgIpc) is 2.45. The predicted octanol–water partition coefficient (Wildman–Crippen LogP) is 0.467. The van der Waals surface area contributed by atoms with E-state index in [0.717, 1.165) is 0 Å². The molecule has 0 unspecified atom stereocenters. The van der Waals surface area contributed by atoms with E-state index in [1.54, 1.807) is 22.5 Å². The Morgan fingerprint density at radius 3 is 2.56 bits per heavy atom. The molecule has 0 amide bonds. The second-order valence-corrected chi connectivity index (χ2v) is 4.81. The van der Waals surface area contributed by atoms with Crippen molar-refractivity contribution in [2.45, 2.75) is 26.3 Å². The lowest BCUT2D eigenvalue weighted by Gasteiger charge is -2.24. The molecule has 0 saturated heterocycles. The first-order chi connectivity index (χ1) is 7.32. The molecule has 0 fully saturated rings. The number of fused-ring (bicyclic) bond motifs is 1. The number of aromatic nitrogens is 4. The summed E-state index contributed by atoms with van der Waals surface area (Å²) < 4.78 is 3.43. The molecule has 2 aromatic heterocycles. The maximum absolute atomic E-state index is 11.7. The fourth-order valence-electron chi connectivity index (χ4n) is 1.80. The van der Waals surface area contributed by atoms with Crippen LogP contribution in [0.15, 0.2) is 11.1 Å². The summed E-state index contributed by atoms with van der Waals surface area (Å²) in [5, 5.41) is 0. The highest BCUT2D eigenvalue weighted by Gasteiger charge is 2.21. The third-order valence-corrected chi connectivity index (χ3v) is 2.45. The van der Waals surface area contributed by atoms with Crippen LogP contribution >= 0.6 is 0 Å². The Labute approximate surface area is 92.7 Å². The van der Waals surface area contributed by atoms with Crippen LogP contribution in [0.1, 0.15) is 20.8 Å². The fraction of sp³-hybridized carbons (Fsp3) is 0.500. The van der Waals surface area contributed by atoms with Crippen molar-refractivity contribution in [3.63, 3.8) is 0 Å². The SMILES string of the molecule is Cn1cnc2c1c(=O)nc(N)n2C(C)(C)C. The van der Waals surface area contributed by atoms with Gasteiger partial charge in [-0.1, -0.05) is 0 Å². The minimum atomic E-state index is -0.340. The summed E-state index contributed by atoms with van der Waals surface area (Å²) in [5.74, 6) is 0.198. The first-order valence-corrected chi connectivity index (χ1v) is 5.02. The van der Waals surface area contributed by atoms with E-state index in [0.29, 0.717) is 11.2 Å². The van der Waals surface area contributed by atoms with Crippen LogP contribution in [0.5, 0.6) is 0 Å². The zero-order valence-electron chi connectivity index (χ0n) is 9.85. The van der Waals surface area contributed by atoms with Crippen LogP contribution in [0.4, 0.5) is 5.95 Å². The van der Waals surface area contributed by atoms with Crippen LogP contribution in [-0.4, -0.2) is 19.1 Å². The number of nitrogens with zero attached hydrogens (tertiary/aromatic N) is 4. The molecular weight excluding hydrogens is 206 g/mol. The molecule has 6 nitrogen and oxygen atoms in total. The number of imidazole rings is 1. The highest BCUT2D eigenvalue weighted by molar-refractivity contribution is 5.72. The normalized spacial score (nSPS) is 12.2. The summed E-state index contributed by atoms with van der Waals surface area (Å²) in [5.41, 5.74) is 6.23. The van der Waals surface area contributed by atoms with Gasteiger partial charge < -0.3 is 10.3 Å². The monoisotopic (exact) mass is 221 g/mol. The van der Waals surface area contributed by atoms with E-state index < -0.39 is 0 Å². The Morgan fingerprint density at radius 2 is 2.00 bits per heavy atom. The topological polar surface area (TPSA) is 78.7 Å². The Hall–Kier alpha value is -1.85. The molecule has 0 spiro atoms. The standard InChI is InChI=1S/C10H15N5O/c1-10(2,3)15-7-6(14(4)5-12-7)8(16)13-9(15)11/h5H,1-4H3,(H2,11,13,16). The number of hydrogen-bond donors (Lipinski definition) is 1. The lowest BCUT2D eigenvalue weighted by molar-refractivity contribution is 0.408. The van der Waals surface area contributed by atoms with Gasteiger partial charge in [0.05, 0.1) is 6.33 Å². The molecule has 2 heterocycles. The molecule has 0 aromatic carbocycles. The molecule has 2 N–H and O–H groups in total. The lowest BCUT2D eigenvalue weighted by atomic mass is 10.1. The second-order valence-electron chi connectivity index (χ2n) is 4.81. The van der Waals surface area contributed by atoms with Crippen molar-refractivity contribution in [1.82, 2.24) is 19.1 Å². The summed E-state index contributed by atoms with van der Waals surface area (Å²) in [4.78, 5) is 19.7. The number of nitrogens with two attached hydrogens (primary N) is 1. The predicted molar refractivity (Wildman–Crippen MR) is 62.2 cm³/mol. The van der Waals surface area contributed by atoms with Gasteiger partial charge in [0.25, 0.3) is 0 Å². The van der Waals surface area contributed by atoms with Crippen molar-refractivity contribution in [1.29, 1.82) is 0 Å². The van der Waals surface area contributed by atoms with Gasteiger partial charge in [0.2, 0.25) is 5.95 Å². The minimum absolute atomic E-state index is 0.198. The third-order valence-electron chi connectivity index (χ3n) is 2.45. The molecule has 0 aliphatic heterocycles. The van der Waals surface area contributed by atoms with Gasteiger partial charge in [-0.2, -0.15) is 4.98 Å². The Balaban J connectivity index is 3.00. The van der Waals surface area contributed by atoms with E-state index in [-0.39, 0.29) is 17.0 Å². The molecule has 0 aliphatic rings. The Kier molecular flexibility index (Phi) is 2.04. The number of anilines is 1. The second kappa shape index (κ2) is 3.07.